The van der Waals surface area contributed by atoms with Gasteiger partial charge in [0.15, 0.2) is 5.82 Å². The first-order valence-corrected chi connectivity index (χ1v) is 9.09. The molecule has 27 heavy (non-hydrogen) atoms. The lowest BCUT2D eigenvalue weighted by Crippen LogP contribution is -2.27. The Morgan fingerprint density at radius 3 is 3.00 bits per heavy atom. The number of carbonyl (C=O) groups excluding carboxylic acids is 1. The van der Waals surface area contributed by atoms with Crippen LogP contribution in [0.3, 0.4) is 0 Å². The fraction of sp³-hybridized carbons (Fsp3) is 0.421. The van der Waals surface area contributed by atoms with Crippen LogP contribution in [0.5, 0.6) is 5.75 Å². The molecule has 8 heteroatoms. The average molecular weight is 369 g/mol. The number of piperidine rings is 1. The fourth-order valence-corrected chi connectivity index (χ4v) is 3.44. The Morgan fingerprint density at radius 2 is 2.22 bits per heavy atom. The molecule has 1 amide bonds. The second-order valence-electron chi connectivity index (χ2n) is 6.79. The molecule has 3 heterocycles. The first-order chi connectivity index (χ1) is 13.1. The molecule has 0 radical (unpaired) electrons. The lowest BCUT2D eigenvalue weighted by Gasteiger charge is -2.19. The van der Waals surface area contributed by atoms with Crippen molar-refractivity contribution in [1.29, 1.82) is 0 Å². The van der Waals surface area contributed by atoms with E-state index in [0.29, 0.717) is 17.4 Å². The van der Waals surface area contributed by atoms with Gasteiger partial charge >= 0.3 is 0 Å². The molecule has 8 nitrogen and oxygen atoms in total. The molecule has 0 unspecified atom stereocenters. The van der Waals surface area contributed by atoms with Crippen molar-refractivity contribution in [3.05, 3.63) is 35.9 Å². The van der Waals surface area contributed by atoms with Gasteiger partial charge in [0.25, 0.3) is 0 Å². The number of benzene rings is 1. The summed E-state index contributed by atoms with van der Waals surface area (Å²) in [6.07, 6.45) is 3.85. The first-order valence-electron chi connectivity index (χ1n) is 9.09. The van der Waals surface area contributed by atoms with Crippen LogP contribution in [0.1, 0.15) is 30.1 Å². The minimum atomic E-state index is -0.152. The summed E-state index contributed by atoms with van der Waals surface area (Å²) in [5, 5.41) is 11.6. The van der Waals surface area contributed by atoms with Gasteiger partial charge in [0, 0.05) is 30.0 Å². The number of hydrogen-bond donors (Lipinski definition) is 2. The van der Waals surface area contributed by atoms with Crippen molar-refractivity contribution in [1.82, 2.24) is 20.1 Å². The van der Waals surface area contributed by atoms with E-state index in [1.807, 2.05) is 18.2 Å². The summed E-state index contributed by atoms with van der Waals surface area (Å²) in [5.74, 6) is 2.19. The maximum atomic E-state index is 12.5. The Labute approximate surface area is 156 Å². The average Bonchev–Trinajstić information content (AvgIpc) is 3.25. The van der Waals surface area contributed by atoms with Crippen LogP contribution in [0.15, 0.2) is 28.9 Å². The molecule has 0 aliphatic carbocycles. The van der Waals surface area contributed by atoms with Crippen LogP contribution < -0.4 is 15.4 Å². The molecule has 4 rings (SSSR count). The van der Waals surface area contributed by atoms with Crippen LogP contribution in [0, 0.1) is 0 Å². The molecular formula is C19H23N5O3. The standard InChI is InChI=1S/C19H23N5O3/c1-24-19(22-18(23-24)12-5-7-20-8-6-12)21-17(25)9-13-11-27-16-10-14(26-2)3-4-15(13)16/h3-4,10-12,20H,5-9H2,1-2H3,(H,21,22,23,25). The summed E-state index contributed by atoms with van der Waals surface area (Å²) in [7, 11) is 3.41. The quantitative estimate of drug-likeness (QED) is 0.716. The maximum absolute atomic E-state index is 12.5. The lowest BCUT2D eigenvalue weighted by atomic mass is 9.98. The predicted molar refractivity (Wildman–Crippen MR) is 101 cm³/mol. The zero-order valence-electron chi connectivity index (χ0n) is 15.5. The van der Waals surface area contributed by atoms with Gasteiger partial charge in [0.05, 0.1) is 19.8 Å². The largest absolute Gasteiger partial charge is 0.497 e. The molecule has 0 bridgehead atoms. The van der Waals surface area contributed by atoms with Gasteiger partial charge in [-0.05, 0) is 38.1 Å². The number of hydrogen-bond acceptors (Lipinski definition) is 6. The second kappa shape index (κ2) is 7.40. The number of aromatic nitrogens is 3. The highest BCUT2D eigenvalue weighted by molar-refractivity contribution is 5.94. The fourth-order valence-electron chi connectivity index (χ4n) is 3.44. The van der Waals surface area contributed by atoms with Crippen LogP contribution >= 0.6 is 0 Å². The Morgan fingerprint density at radius 1 is 1.41 bits per heavy atom. The van der Waals surface area contributed by atoms with Gasteiger partial charge in [-0.2, -0.15) is 10.1 Å². The third kappa shape index (κ3) is 3.66. The summed E-state index contributed by atoms with van der Waals surface area (Å²) in [6, 6.07) is 5.57. The zero-order valence-corrected chi connectivity index (χ0v) is 15.5. The number of ether oxygens (including phenoxy) is 1. The first kappa shape index (κ1) is 17.5. The molecule has 3 aromatic rings. The molecular weight excluding hydrogens is 346 g/mol. The Balaban J connectivity index is 1.46. The molecule has 0 atom stereocenters. The topological polar surface area (TPSA) is 94.2 Å². The lowest BCUT2D eigenvalue weighted by molar-refractivity contribution is -0.115. The Hall–Kier alpha value is -2.87. The Kier molecular flexibility index (Phi) is 4.81. The summed E-state index contributed by atoms with van der Waals surface area (Å²) >= 11 is 0. The van der Waals surface area contributed by atoms with E-state index in [-0.39, 0.29) is 12.3 Å². The van der Waals surface area contributed by atoms with Crippen LogP contribution in [0.2, 0.25) is 0 Å². The van der Waals surface area contributed by atoms with E-state index in [0.717, 1.165) is 48.5 Å². The maximum Gasteiger partial charge on any atom is 0.231 e. The van der Waals surface area contributed by atoms with Crippen molar-refractivity contribution < 1.29 is 13.9 Å². The van der Waals surface area contributed by atoms with Crippen LogP contribution in [-0.4, -0.2) is 40.9 Å². The zero-order chi connectivity index (χ0) is 18.8. The van der Waals surface area contributed by atoms with E-state index >= 15 is 0 Å². The highest BCUT2D eigenvalue weighted by Crippen LogP contribution is 2.26. The molecule has 142 valence electrons. The number of rotatable bonds is 5. The van der Waals surface area contributed by atoms with Gasteiger partial charge in [-0.3, -0.25) is 10.1 Å². The van der Waals surface area contributed by atoms with E-state index in [1.54, 1.807) is 25.1 Å². The van der Waals surface area contributed by atoms with Crippen molar-refractivity contribution in [2.24, 2.45) is 7.05 Å². The van der Waals surface area contributed by atoms with Gasteiger partial charge in [-0.15, -0.1) is 0 Å². The molecule has 2 aromatic heterocycles. The van der Waals surface area contributed by atoms with E-state index in [4.69, 9.17) is 9.15 Å². The predicted octanol–water partition coefficient (Wildman–Crippen LogP) is 2.22. The molecule has 0 spiro atoms. The summed E-state index contributed by atoms with van der Waals surface area (Å²) in [5.41, 5.74) is 1.52. The number of amides is 1. The monoisotopic (exact) mass is 369 g/mol. The van der Waals surface area contributed by atoms with Crippen LogP contribution in [-0.2, 0) is 18.3 Å². The van der Waals surface area contributed by atoms with Gasteiger partial charge < -0.3 is 14.5 Å². The van der Waals surface area contributed by atoms with Crippen molar-refractivity contribution in [2.75, 3.05) is 25.5 Å². The number of carbonyl (C=O) groups is 1. The third-order valence-corrected chi connectivity index (χ3v) is 4.95. The molecule has 2 N–H and O–H groups in total. The number of furan rings is 1. The third-order valence-electron chi connectivity index (χ3n) is 4.95. The molecule has 1 aliphatic rings. The highest BCUT2D eigenvalue weighted by Gasteiger charge is 2.21. The van der Waals surface area contributed by atoms with Gasteiger partial charge in [0.2, 0.25) is 11.9 Å². The Bertz CT molecular complexity index is 956. The van der Waals surface area contributed by atoms with Crippen molar-refractivity contribution in [3.8, 4) is 5.75 Å². The minimum absolute atomic E-state index is 0.152. The van der Waals surface area contributed by atoms with Gasteiger partial charge in [0.1, 0.15) is 11.3 Å². The van der Waals surface area contributed by atoms with Gasteiger partial charge in [-0.1, -0.05) is 0 Å². The summed E-state index contributed by atoms with van der Waals surface area (Å²) in [6.45, 7) is 1.95. The number of anilines is 1. The minimum Gasteiger partial charge on any atom is -0.497 e. The summed E-state index contributed by atoms with van der Waals surface area (Å²) < 4.78 is 12.4. The van der Waals surface area contributed by atoms with E-state index < -0.39 is 0 Å². The molecule has 1 saturated heterocycles. The summed E-state index contributed by atoms with van der Waals surface area (Å²) in [4.78, 5) is 17.1. The number of nitrogens with zero attached hydrogens (tertiary/aromatic N) is 3. The number of fused-ring (bicyclic) bond motifs is 1. The SMILES string of the molecule is COc1ccc2c(CC(=O)Nc3nc(C4CCNCC4)nn3C)coc2c1. The van der Waals surface area contributed by atoms with Gasteiger partial charge in [-0.25, -0.2) is 4.68 Å². The molecule has 0 saturated carbocycles. The number of methoxy groups -OCH3 is 1. The van der Waals surface area contributed by atoms with E-state index in [2.05, 4.69) is 20.7 Å². The van der Waals surface area contributed by atoms with Crippen molar-refractivity contribution in [3.63, 3.8) is 0 Å². The van der Waals surface area contributed by atoms with Crippen molar-refractivity contribution >= 4 is 22.8 Å². The smallest absolute Gasteiger partial charge is 0.231 e. The second-order valence-corrected chi connectivity index (χ2v) is 6.79. The van der Waals surface area contributed by atoms with Crippen LogP contribution in [0.4, 0.5) is 5.95 Å². The number of nitrogens with one attached hydrogen (secondary N) is 2. The normalized spacial score (nSPS) is 15.2. The highest BCUT2D eigenvalue weighted by atomic mass is 16.5. The number of aryl methyl sites for hydroxylation is 1. The van der Waals surface area contributed by atoms with Crippen molar-refractivity contribution in [2.45, 2.75) is 25.2 Å². The van der Waals surface area contributed by atoms with Crippen LogP contribution in [0.25, 0.3) is 11.0 Å². The van der Waals surface area contributed by atoms with E-state index in [9.17, 15) is 4.79 Å². The molecule has 1 fully saturated rings. The van der Waals surface area contributed by atoms with E-state index in [1.165, 1.54) is 0 Å². The molecule has 1 aliphatic heterocycles. The molecule has 1 aromatic carbocycles.